The summed E-state index contributed by atoms with van der Waals surface area (Å²) in [5, 5.41) is 3.67. The average Bonchev–Trinajstić information content (AvgIpc) is 3.26. The molecule has 0 bridgehead atoms. The molecule has 30 heavy (non-hydrogen) atoms. The van der Waals surface area contributed by atoms with E-state index < -0.39 is 17.9 Å². The molecule has 1 aliphatic heterocycles. The number of hydrogen-bond acceptors (Lipinski definition) is 6. The number of esters is 1. The molecule has 1 aliphatic rings. The van der Waals surface area contributed by atoms with Gasteiger partial charge in [0.05, 0.1) is 0 Å². The van der Waals surface area contributed by atoms with Gasteiger partial charge in [-0.05, 0) is 32.0 Å². The number of fused-ring (bicyclic) bond motifs is 1. The summed E-state index contributed by atoms with van der Waals surface area (Å²) < 4.78 is 10.7. The molecule has 2 N–H and O–H groups in total. The van der Waals surface area contributed by atoms with Crippen LogP contribution in [0.2, 0.25) is 0 Å². The average molecular weight is 404 g/mol. The van der Waals surface area contributed by atoms with Crippen molar-refractivity contribution in [1.82, 2.24) is 4.98 Å². The van der Waals surface area contributed by atoms with Crippen LogP contribution in [0, 0.1) is 6.92 Å². The van der Waals surface area contributed by atoms with Crippen LogP contribution >= 0.6 is 0 Å². The number of aromatic amines is 1. The van der Waals surface area contributed by atoms with Gasteiger partial charge in [0.15, 0.2) is 18.3 Å². The zero-order valence-electron chi connectivity index (χ0n) is 16.5. The lowest BCUT2D eigenvalue weighted by Gasteiger charge is -2.13. The van der Waals surface area contributed by atoms with Crippen molar-refractivity contribution >= 4 is 34.1 Å². The van der Waals surface area contributed by atoms with Crippen molar-refractivity contribution in [3.05, 3.63) is 77.3 Å². The number of benzene rings is 2. The Kier molecular flexibility index (Phi) is 5.10. The monoisotopic (exact) mass is 404 g/mol. The number of carbonyl (C=O) groups excluding carboxylic acids is 3. The van der Waals surface area contributed by atoms with Gasteiger partial charge < -0.3 is 19.8 Å². The molecule has 0 fully saturated rings. The Bertz CT molecular complexity index is 1180. The molecule has 3 aromatic rings. The molecular weight excluding hydrogens is 384 g/mol. The first-order chi connectivity index (χ1) is 14.5. The van der Waals surface area contributed by atoms with Gasteiger partial charge in [-0.1, -0.05) is 36.4 Å². The number of para-hydroxylation sites is 2. The van der Waals surface area contributed by atoms with E-state index in [0.717, 1.165) is 10.9 Å². The second-order valence-electron chi connectivity index (χ2n) is 6.99. The molecule has 2 heterocycles. The Morgan fingerprint density at radius 2 is 1.80 bits per heavy atom. The van der Waals surface area contributed by atoms with Crippen LogP contribution in [0.25, 0.3) is 10.9 Å². The number of anilines is 1. The number of ketones is 2. The molecule has 1 atom stereocenters. The number of H-pyrrole nitrogens is 1. The van der Waals surface area contributed by atoms with E-state index in [1.54, 1.807) is 19.1 Å². The van der Waals surface area contributed by atoms with Crippen molar-refractivity contribution in [2.24, 2.45) is 0 Å². The van der Waals surface area contributed by atoms with Gasteiger partial charge in [0.25, 0.3) is 0 Å². The molecule has 0 amide bonds. The van der Waals surface area contributed by atoms with Crippen LogP contribution in [-0.2, 0) is 19.1 Å². The van der Waals surface area contributed by atoms with Crippen molar-refractivity contribution in [2.75, 3.05) is 11.9 Å². The quantitative estimate of drug-likeness (QED) is 0.371. The molecule has 2 aromatic carbocycles. The van der Waals surface area contributed by atoms with E-state index in [2.05, 4.69) is 10.3 Å². The molecule has 0 aliphatic carbocycles. The van der Waals surface area contributed by atoms with Gasteiger partial charge in [0.1, 0.15) is 0 Å². The highest BCUT2D eigenvalue weighted by atomic mass is 16.6. The summed E-state index contributed by atoms with van der Waals surface area (Å²) >= 11 is 0. The molecule has 1 aromatic heterocycles. The number of aromatic nitrogens is 1. The predicted octanol–water partition coefficient (Wildman–Crippen LogP) is 3.51. The smallest absolute Gasteiger partial charge is 0.348 e. The number of rotatable bonds is 6. The summed E-state index contributed by atoms with van der Waals surface area (Å²) in [4.78, 5) is 41.1. The predicted molar refractivity (Wildman–Crippen MR) is 111 cm³/mol. The zero-order chi connectivity index (χ0) is 21.3. The Morgan fingerprint density at radius 3 is 2.57 bits per heavy atom. The van der Waals surface area contributed by atoms with Crippen molar-refractivity contribution in [3.63, 3.8) is 0 Å². The fourth-order valence-corrected chi connectivity index (χ4v) is 3.44. The van der Waals surface area contributed by atoms with Crippen LogP contribution in [-0.4, -0.2) is 35.2 Å². The van der Waals surface area contributed by atoms with Crippen molar-refractivity contribution in [2.45, 2.75) is 20.0 Å². The second kappa shape index (κ2) is 7.87. The van der Waals surface area contributed by atoms with Crippen molar-refractivity contribution in [3.8, 4) is 0 Å². The molecule has 0 spiro atoms. The van der Waals surface area contributed by atoms with Gasteiger partial charge in [-0.25, -0.2) is 4.79 Å². The minimum Gasteiger partial charge on any atom is -0.470 e. The summed E-state index contributed by atoms with van der Waals surface area (Å²) in [6.45, 7) is 3.02. The molecule has 0 saturated heterocycles. The van der Waals surface area contributed by atoms with Gasteiger partial charge in [-0.3, -0.25) is 9.59 Å². The molecule has 7 heteroatoms. The number of nitrogens with one attached hydrogen (secondary N) is 2. The molecule has 0 saturated carbocycles. The van der Waals surface area contributed by atoms with Crippen LogP contribution in [0.4, 0.5) is 5.69 Å². The normalized spacial score (nSPS) is 14.5. The van der Waals surface area contributed by atoms with Crippen LogP contribution in [0.15, 0.2) is 66.1 Å². The fourth-order valence-electron chi connectivity index (χ4n) is 3.44. The van der Waals surface area contributed by atoms with Gasteiger partial charge in [0.2, 0.25) is 17.4 Å². The lowest BCUT2D eigenvalue weighted by molar-refractivity contribution is -0.142. The summed E-state index contributed by atoms with van der Waals surface area (Å²) in [6.07, 6.45) is -1.07. The standard InChI is InChI=1S/C23H20N2O5/c1-13-19(16-10-6-7-11-17(16)24-13)21(27)14(2)30-23(28)20-18(26)12-29-22(20)25-15-8-4-3-5-9-15/h3-11,14,24-25H,12H2,1-2H3/t14-/m0/s1. The third kappa shape index (κ3) is 3.57. The highest BCUT2D eigenvalue weighted by molar-refractivity contribution is 6.20. The van der Waals surface area contributed by atoms with Gasteiger partial charge in [-0.2, -0.15) is 0 Å². The molecule has 4 rings (SSSR count). The first-order valence-electron chi connectivity index (χ1n) is 9.50. The van der Waals surface area contributed by atoms with Gasteiger partial charge >= 0.3 is 5.97 Å². The zero-order valence-corrected chi connectivity index (χ0v) is 16.5. The Morgan fingerprint density at radius 1 is 1.10 bits per heavy atom. The van der Waals surface area contributed by atoms with E-state index in [1.165, 1.54) is 6.92 Å². The van der Waals surface area contributed by atoms with E-state index in [4.69, 9.17) is 9.47 Å². The van der Waals surface area contributed by atoms with Crippen molar-refractivity contribution < 1.29 is 23.9 Å². The highest BCUT2D eigenvalue weighted by Crippen LogP contribution is 2.25. The third-order valence-corrected chi connectivity index (χ3v) is 4.88. The van der Waals surface area contributed by atoms with Gasteiger partial charge in [-0.15, -0.1) is 0 Å². The fraction of sp³-hybridized carbons (Fsp3) is 0.174. The minimum absolute atomic E-state index is 0.0270. The lowest BCUT2D eigenvalue weighted by Crippen LogP contribution is -2.27. The number of aryl methyl sites for hydroxylation is 1. The Balaban J connectivity index is 1.56. The Labute approximate surface area is 172 Å². The largest absolute Gasteiger partial charge is 0.470 e. The molecule has 0 radical (unpaired) electrons. The topological polar surface area (TPSA) is 97.5 Å². The summed E-state index contributed by atoms with van der Waals surface area (Å²) in [7, 11) is 0. The van der Waals surface area contributed by atoms with Crippen LogP contribution in [0.3, 0.4) is 0 Å². The first kappa shape index (κ1) is 19.4. The molecular formula is C23H20N2O5. The molecule has 7 nitrogen and oxygen atoms in total. The number of hydrogen-bond donors (Lipinski definition) is 2. The van der Waals surface area contributed by atoms with Crippen LogP contribution < -0.4 is 5.32 Å². The van der Waals surface area contributed by atoms with Crippen LogP contribution in [0.5, 0.6) is 0 Å². The maximum Gasteiger partial charge on any atom is 0.348 e. The summed E-state index contributed by atoms with van der Waals surface area (Å²) in [5.74, 6) is -1.71. The maximum atomic E-state index is 13.0. The summed E-state index contributed by atoms with van der Waals surface area (Å²) in [6, 6.07) is 16.4. The van der Waals surface area contributed by atoms with E-state index in [1.807, 2.05) is 42.5 Å². The van der Waals surface area contributed by atoms with E-state index >= 15 is 0 Å². The van der Waals surface area contributed by atoms with E-state index in [0.29, 0.717) is 16.9 Å². The SMILES string of the molecule is Cc1[nH]c2ccccc2c1C(=O)[C@H](C)OC(=O)C1=C(Nc2ccccc2)OCC1=O. The number of Topliss-reactive ketones (excluding diaryl/α,β-unsaturated/α-hetero) is 2. The summed E-state index contributed by atoms with van der Waals surface area (Å²) in [5.41, 5.74) is 2.42. The van der Waals surface area contributed by atoms with E-state index in [9.17, 15) is 14.4 Å². The second-order valence-corrected chi connectivity index (χ2v) is 6.99. The number of carbonyl (C=O) groups is 3. The van der Waals surface area contributed by atoms with E-state index in [-0.39, 0.29) is 23.8 Å². The molecule has 0 unspecified atom stereocenters. The van der Waals surface area contributed by atoms with Crippen LogP contribution in [0.1, 0.15) is 23.0 Å². The third-order valence-electron chi connectivity index (χ3n) is 4.88. The molecule has 152 valence electrons. The Hall–Kier alpha value is -3.87. The van der Waals surface area contributed by atoms with Crippen molar-refractivity contribution in [1.29, 1.82) is 0 Å². The first-order valence-corrected chi connectivity index (χ1v) is 9.50. The highest BCUT2D eigenvalue weighted by Gasteiger charge is 2.35. The maximum absolute atomic E-state index is 13.0. The minimum atomic E-state index is -1.07. The number of ether oxygens (including phenoxy) is 2. The van der Waals surface area contributed by atoms with Gasteiger partial charge in [0, 0.05) is 27.8 Å². The lowest BCUT2D eigenvalue weighted by atomic mass is 10.0.